The van der Waals surface area contributed by atoms with E-state index in [4.69, 9.17) is 10.5 Å². The average Bonchev–Trinajstić information content (AvgIpc) is 2.85. The molecule has 1 saturated carbocycles. The van der Waals surface area contributed by atoms with Crippen LogP contribution in [0.4, 0.5) is 5.69 Å². The van der Waals surface area contributed by atoms with Crippen LogP contribution in [0.5, 0.6) is 5.75 Å². The number of aliphatic hydroxyl groups excluding tert-OH is 1. The summed E-state index contributed by atoms with van der Waals surface area (Å²) in [5.41, 5.74) is 6.72. The molecule has 1 aliphatic carbocycles. The normalized spacial score (nSPS) is 22.2. The molecule has 0 radical (unpaired) electrons. The third kappa shape index (κ3) is 3.17. The standard InChI is InChI=1S/C14H20N2O3/c1-19-12-6-10(5-11(15)7-12)14(18)16-13-4-2-3-9(13)8-17/h5-7,9,13,17H,2-4,8,15H2,1H3,(H,16,18). The number of carbonyl (C=O) groups is 1. The largest absolute Gasteiger partial charge is 0.497 e. The number of hydrogen-bond donors (Lipinski definition) is 3. The Morgan fingerprint density at radius 2 is 2.26 bits per heavy atom. The molecule has 104 valence electrons. The van der Waals surface area contributed by atoms with Gasteiger partial charge >= 0.3 is 0 Å². The van der Waals surface area contributed by atoms with Crippen molar-refractivity contribution in [3.63, 3.8) is 0 Å². The van der Waals surface area contributed by atoms with E-state index in [0.29, 0.717) is 17.0 Å². The number of ether oxygens (including phenoxy) is 1. The Balaban J connectivity index is 2.09. The first-order chi connectivity index (χ1) is 9.13. The molecule has 0 bridgehead atoms. The van der Waals surface area contributed by atoms with Crippen LogP contribution in [0, 0.1) is 5.92 Å². The van der Waals surface area contributed by atoms with Gasteiger partial charge in [0.05, 0.1) is 7.11 Å². The van der Waals surface area contributed by atoms with Crippen molar-refractivity contribution in [1.82, 2.24) is 5.32 Å². The zero-order chi connectivity index (χ0) is 13.8. The highest BCUT2D eigenvalue weighted by molar-refractivity contribution is 5.95. The summed E-state index contributed by atoms with van der Waals surface area (Å²) in [6.07, 6.45) is 2.91. The van der Waals surface area contributed by atoms with E-state index in [9.17, 15) is 9.90 Å². The molecule has 5 heteroatoms. The molecule has 0 heterocycles. The number of anilines is 1. The van der Waals surface area contributed by atoms with Crippen LogP contribution < -0.4 is 15.8 Å². The average molecular weight is 264 g/mol. The molecule has 2 rings (SSSR count). The quantitative estimate of drug-likeness (QED) is 0.713. The highest BCUT2D eigenvalue weighted by Gasteiger charge is 2.28. The zero-order valence-electron chi connectivity index (χ0n) is 11.1. The number of nitrogens with one attached hydrogen (secondary N) is 1. The van der Waals surface area contributed by atoms with Gasteiger partial charge in [-0.15, -0.1) is 0 Å². The molecule has 19 heavy (non-hydrogen) atoms. The van der Waals surface area contributed by atoms with Gasteiger partial charge in [-0.1, -0.05) is 6.42 Å². The molecule has 1 fully saturated rings. The molecule has 1 aromatic carbocycles. The number of aliphatic hydroxyl groups is 1. The topological polar surface area (TPSA) is 84.6 Å². The summed E-state index contributed by atoms with van der Waals surface area (Å²) in [4.78, 5) is 12.2. The highest BCUT2D eigenvalue weighted by Crippen LogP contribution is 2.26. The predicted octanol–water partition coefficient (Wildman–Crippen LogP) is 1.17. The van der Waals surface area contributed by atoms with Crippen LogP contribution in [-0.4, -0.2) is 30.8 Å². The van der Waals surface area contributed by atoms with E-state index < -0.39 is 0 Å². The van der Waals surface area contributed by atoms with Gasteiger partial charge in [-0.05, 0) is 25.0 Å². The van der Waals surface area contributed by atoms with Crippen LogP contribution in [-0.2, 0) is 0 Å². The molecule has 1 aromatic rings. The molecule has 5 nitrogen and oxygen atoms in total. The minimum atomic E-state index is -0.170. The monoisotopic (exact) mass is 264 g/mol. The summed E-state index contributed by atoms with van der Waals surface area (Å²) in [7, 11) is 1.54. The van der Waals surface area contributed by atoms with Crippen LogP contribution in [0.2, 0.25) is 0 Å². The Kier molecular flexibility index (Phi) is 4.27. The van der Waals surface area contributed by atoms with E-state index >= 15 is 0 Å². The van der Waals surface area contributed by atoms with E-state index in [0.717, 1.165) is 19.3 Å². The maximum Gasteiger partial charge on any atom is 0.251 e. The molecule has 2 atom stereocenters. The Morgan fingerprint density at radius 3 is 2.95 bits per heavy atom. The van der Waals surface area contributed by atoms with E-state index in [-0.39, 0.29) is 24.5 Å². The van der Waals surface area contributed by atoms with Gasteiger partial charge in [0.15, 0.2) is 0 Å². The van der Waals surface area contributed by atoms with Gasteiger partial charge in [0.1, 0.15) is 5.75 Å². The third-order valence-corrected chi connectivity index (χ3v) is 3.64. The fourth-order valence-corrected chi connectivity index (χ4v) is 2.57. The molecule has 1 aliphatic rings. The summed E-state index contributed by atoms with van der Waals surface area (Å²) in [6.45, 7) is 0.116. The molecule has 0 saturated heterocycles. The maximum atomic E-state index is 12.2. The summed E-state index contributed by atoms with van der Waals surface area (Å²) in [6, 6.07) is 5.00. The molecule has 2 unspecified atom stereocenters. The van der Waals surface area contributed by atoms with Gasteiger partial charge in [0.2, 0.25) is 0 Å². The van der Waals surface area contributed by atoms with Crippen molar-refractivity contribution >= 4 is 11.6 Å². The van der Waals surface area contributed by atoms with Gasteiger partial charge in [-0.3, -0.25) is 4.79 Å². The van der Waals surface area contributed by atoms with Crippen molar-refractivity contribution in [2.24, 2.45) is 5.92 Å². The lowest BCUT2D eigenvalue weighted by Gasteiger charge is -2.19. The lowest BCUT2D eigenvalue weighted by Crippen LogP contribution is -2.38. The molecule has 4 N–H and O–H groups in total. The number of nitrogens with two attached hydrogens (primary N) is 1. The first-order valence-corrected chi connectivity index (χ1v) is 6.50. The lowest BCUT2D eigenvalue weighted by atomic mass is 10.0. The second-order valence-corrected chi connectivity index (χ2v) is 4.95. The van der Waals surface area contributed by atoms with Crippen LogP contribution in [0.1, 0.15) is 29.6 Å². The number of methoxy groups -OCH3 is 1. The van der Waals surface area contributed by atoms with Crippen molar-refractivity contribution in [2.45, 2.75) is 25.3 Å². The van der Waals surface area contributed by atoms with E-state index in [1.807, 2.05) is 0 Å². The predicted molar refractivity (Wildman–Crippen MR) is 73.1 cm³/mol. The Bertz CT molecular complexity index is 462. The van der Waals surface area contributed by atoms with E-state index in [2.05, 4.69) is 5.32 Å². The van der Waals surface area contributed by atoms with Gasteiger partial charge in [0, 0.05) is 35.9 Å². The Hall–Kier alpha value is -1.75. The van der Waals surface area contributed by atoms with Crippen molar-refractivity contribution < 1.29 is 14.6 Å². The smallest absolute Gasteiger partial charge is 0.251 e. The molecular formula is C14H20N2O3. The zero-order valence-corrected chi connectivity index (χ0v) is 11.1. The van der Waals surface area contributed by atoms with Crippen LogP contribution >= 0.6 is 0 Å². The number of benzene rings is 1. The molecule has 0 spiro atoms. The van der Waals surface area contributed by atoms with Crippen molar-refractivity contribution in [3.05, 3.63) is 23.8 Å². The summed E-state index contributed by atoms with van der Waals surface area (Å²) >= 11 is 0. The summed E-state index contributed by atoms with van der Waals surface area (Å²) in [5, 5.41) is 12.2. The lowest BCUT2D eigenvalue weighted by molar-refractivity contribution is 0.0915. The van der Waals surface area contributed by atoms with Crippen LogP contribution in [0.15, 0.2) is 18.2 Å². The maximum absolute atomic E-state index is 12.2. The summed E-state index contributed by atoms with van der Waals surface area (Å²) in [5.74, 6) is 0.554. The van der Waals surface area contributed by atoms with Crippen molar-refractivity contribution in [1.29, 1.82) is 0 Å². The van der Waals surface area contributed by atoms with E-state index in [1.165, 1.54) is 7.11 Å². The second kappa shape index (κ2) is 5.93. The van der Waals surface area contributed by atoms with Crippen LogP contribution in [0.3, 0.4) is 0 Å². The van der Waals surface area contributed by atoms with E-state index in [1.54, 1.807) is 18.2 Å². The molecule has 1 amide bonds. The van der Waals surface area contributed by atoms with Crippen LogP contribution in [0.25, 0.3) is 0 Å². The SMILES string of the molecule is COc1cc(N)cc(C(=O)NC2CCCC2CO)c1. The third-order valence-electron chi connectivity index (χ3n) is 3.64. The number of amides is 1. The Labute approximate surface area is 112 Å². The molecule has 0 aliphatic heterocycles. The van der Waals surface area contributed by atoms with Crippen molar-refractivity contribution in [3.8, 4) is 5.75 Å². The number of rotatable bonds is 4. The fraction of sp³-hybridized carbons (Fsp3) is 0.500. The number of nitrogen functional groups attached to an aromatic ring is 1. The fourth-order valence-electron chi connectivity index (χ4n) is 2.57. The second-order valence-electron chi connectivity index (χ2n) is 4.95. The van der Waals surface area contributed by atoms with Gasteiger partial charge in [-0.25, -0.2) is 0 Å². The van der Waals surface area contributed by atoms with Gasteiger partial charge < -0.3 is 20.9 Å². The molecule has 0 aromatic heterocycles. The number of carbonyl (C=O) groups excluding carboxylic acids is 1. The first kappa shape index (κ1) is 13.7. The minimum absolute atomic E-state index is 0.0462. The van der Waals surface area contributed by atoms with Crippen molar-refractivity contribution in [2.75, 3.05) is 19.5 Å². The Morgan fingerprint density at radius 1 is 1.47 bits per heavy atom. The highest BCUT2D eigenvalue weighted by atomic mass is 16.5. The van der Waals surface area contributed by atoms with Gasteiger partial charge in [0.25, 0.3) is 5.91 Å². The number of hydrogen-bond acceptors (Lipinski definition) is 4. The molecular weight excluding hydrogens is 244 g/mol. The first-order valence-electron chi connectivity index (χ1n) is 6.50. The van der Waals surface area contributed by atoms with Gasteiger partial charge in [-0.2, -0.15) is 0 Å². The summed E-state index contributed by atoms with van der Waals surface area (Å²) < 4.78 is 5.10. The minimum Gasteiger partial charge on any atom is -0.497 e.